The van der Waals surface area contributed by atoms with Gasteiger partial charge in [0.1, 0.15) is 23.1 Å². The lowest BCUT2D eigenvalue weighted by atomic mass is 9.73. The van der Waals surface area contributed by atoms with Gasteiger partial charge in [0.2, 0.25) is 29.5 Å². The van der Waals surface area contributed by atoms with E-state index in [1.807, 2.05) is 26.5 Å². The average molecular weight is 1060 g/mol. The Morgan fingerprint density at radius 3 is 2.15 bits per heavy atom. The Morgan fingerprint density at radius 1 is 0.769 bits per heavy atom. The summed E-state index contributed by atoms with van der Waals surface area (Å²) in [6.45, 7) is 9.71. The van der Waals surface area contributed by atoms with Crippen LogP contribution in [0.25, 0.3) is 22.3 Å². The lowest BCUT2D eigenvalue weighted by Crippen LogP contribution is -2.58. The number of carbonyl (C=O) groups excluding carboxylic acids is 6. The molecule has 0 radical (unpaired) electrons. The number of benzene rings is 2. The highest BCUT2D eigenvalue weighted by atomic mass is 19.1. The molecule has 1 atom stereocenters. The third kappa shape index (κ3) is 9.65. The third-order valence-electron chi connectivity index (χ3n) is 18.1. The highest BCUT2D eigenvalue weighted by Gasteiger charge is 2.56. The third-order valence-corrected chi connectivity index (χ3v) is 18.1. The molecule has 2 aromatic carbocycles. The zero-order valence-corrected chi connectivity index (χ0v) is 44.6. The molecule has 1 saturated carbocycles. The number of nitrogens with one attached hydrogen (secondary N) is 3. The molecule has 5 aromatic rings. The van der Waals surface area contributed by atoms with Crippen LogP contribution in [-0.4, -0.2) is 140 Å². The molecule has 78 heavy (non-hydrogen) atoms. The van der Waals surface area contributed by atoms with Crippen LogP contribution in [0.15, 0.2) is 73.2 Å². The summed E-state index contributed by atoms with van der Waals surface area (Å²) < 4.78 is 17.2. The van der Waals surface area contributed by atoms with Gasteiger partial charge in [-0.3, -0.25) is 34.1 Å². The molecule has 3 N–H and O–H groups in total. The van der Waals surface area contributed by atoms with Crippen molar-refractivity contribution in [2.24, 2.45) is 11.8 Å². The van der Waals surface area contributed by atoms with Crippen molar-refractivity contribution >= 4 is 69.4 Å². The van der Waals surface area contributed by atoms with Crippen LogP contribution in [-0.2, 0) is 29.4 Å². The Hall–Kier alpha value is -7.28. The first-order valence-electron chi connectivity index (χ1n) is 28.4. The SMILES string of the molecule is CC(C)n1cnc2cc(-c3ccc4c(c3)N(C3CC(N5CCCCC5)C3)C(=O)C43CCN(C(=O)C4CCN(C(=O)C5CCN(c6ccc(C(=O)N[C@@H]7CCC(=O)NC7=O)nc6)CC5)CC4)CC3)nc(Nc3ccccc3F)c21. The van der Waals surface area contributed by atoms with Crippen LogP contribution < -0.4 is 25.8 Å². The maximum atomic E-state index is 15.3. The summed E-state index contributed by atoms with van der Waals surface area (Å²) in [6, 6.07) is 18.1. The van der Waals surface area contributed by atoms with E-state index in [-0.39, 0.29) is 71.9 Å². The van der Waals surface area contributed by atoms with Crippen LogP contribution in [0.2, 0.25) is 0 Å². The van der Waals surface area contributed by atoms with Crippen LogP contribution in [0.4, 0.5) is 27.3 Å². The molecule has 19 heteroatoms. The van der Waals surface area contributed by atoms with Gasteiger partial charge in [0.15, 0.2) is 5.82 Å². The maximum Gasteiger partial charge on any atom is 0.270 e. The molecule has 7 aliphatic rings. The van der Waals surface area contributed by atoms with Crippen molar-refractivity contribution in [2.45, 2.75) is 127 Å². The zero-order valence-electron chi connectivity index (χ0n) is 44.6. The zero-order chi connectivity index (χ0) is 53.8. The second-order valence-electron chi connectivity index (χ2n) is 23.0. The number of pyridine rings is 2. The standard InChI is InChI=1S/C59H69FN12O6/c1-36(2)71-35-62-49-33-48(64-53(52(49)71)63-45-9-5-4-8-44(45)60)39-10-12-43-50(30-39)72(42-31-41(32-42)67-22-6-3-7-23-67)58(78)59(43)20-28-70(29-21-59)57(77)38-18-26-69(27-19-38)56(76)37-16-24-68(25-17-37)40-11-13-46(61-34-40)54(74)65-47-14-15-51(73)66-55(47)75/h4-5,8-13,30,33-38,41-42,47H,3,6-7,14-29,31-32H2,1-2H3,(H,63,64)(H,65,74)(H,66,73,75)/t41?,42?,47-/m1/s1. The molecule has 5 saturated heterocycles. The monoisotopic (exact) mass is 1060 g/mol. The summed E-state index contributed by atoms with van der Waals surface area (Å²) in [5.74, 6) is -1.16. The Morgan fingerprint density at radius 2 is 1.47 bits per heavy atom. The van der Waals surface area contributed by atoms with E-state index < -0.39 is 23.3 Å². The van der Waals surface area contributed by atoms with Crippen molar-refractivity contribution < 1.29 is 33.2 Å². The summed E-state index contributed by atoms with van der Waals surface area (Å²) in [7, 11) is 0. The minimum absolute atomic E-state index is 0.0697. The molecule has 408 valence electrons. The van der Waals surface area contributed by atoms with Gasteiger partial charge in [-0.15, -0.1) is 0 Å². The number of rotatable bonds is 11. The molecule has 6 amide bonds. The first kappa shape index (κ1) is 51.5. The van der Waals surface area contributed by atoms with E-state index >= 15 is 9.18 Å². The molecule has 12 rings (SSSR count). The number of nitrogens with zero attached hydrogens (tertiary/aromatic N) is 9. The first-order chi connectivity index (χ1) is 37.8. The fraction of sp³-hybridized carbons (Fsp3) is 0.508. The molecule has 1 aliphatic carbocycles. The number of likely N-dealkylation sites (tertiary alicyclic amines) is 3. The molecule has 18 nitrogen and oxygen atoms in total. The van der Waals surface area contributed by atoms with Gasteiger partial charge in [-0.2, -0.15) is 0 Å². The van der Waals surface area contributed by atoms with Gasteiger partial charge in [-0.05, 0) is 140 Å². The van der Waals surface area contributed by atoms with Crippen LogP contribution in [0, 0.1) is 17.7 Å². The van der Waals surface area contributed by atoms with E-state index in [0.29, 0.717) is 101 Å². The van der Waals surface area contributed by atoms with Crippen molar-refractivity contribution in [3.63, 3.8) is 0 Å². The number of aromatic nitrogens is 4. The van der Waals surface area contributed by atoms with E-state index in [0.717, 1.165) is 59.5 Å². The topological polar surface area (TPSA) is 198 Å². The molecule has 6 fully saturated rings. The van der Waals surface area contributed by atoms with Crippen molar-refractivity contribution in [3.8, 4) is 11.3 Å². The van der Waals surface area contributed by atoms with Crippen molar-refractivity contribution in [1.29, 1.82) is 0 Å². The normalized spacial score (nSPS) is 23.2. The molecular formula is C59H69FN12O6. The molecule has 0 unspecified atom stereocenters. The Labute approximate surface area is 453 Å². The second-order valence-corrected chi connectivity index (χ2v) is 23.0. The number of amides is 6. The first-order valence-corrected chi connectivity index (χ1v) is 28.4. The van der Waals surface area contributed by atoms with E-state index in [1.54, 1.807) is 36.8 Å². The Kier molecular flexibility index (Phi) is 14.0. The summed E-state index contributed by atoms with van der Waals surface area (Å²) >= 11 is 0. The van der Waals surface area contributed by atoms with Crippen molar-refractivity contribution in [2.75, 3.05) is 67.5 Å². The van der Waals surface area contributed by atoms with Gasteiger partial charge in [0.05, 0.1) is 40.5 Å². The molecule has 3 aromatic heterocycles. The fourth-order valence-electron chi connectivity index (χ4n) is 13.5. The highest BCUT2D eigenvalue weighted by molar-refractivity contribution is 6.10. The quantitative estimate of drug-likeness (QED) is 0.116. The van der Waals surface area contributed by atoms with Crippen molar-refractivity contribution in [1.82, 2.24) is 44.9 Å². The molecular weight excluding hydrogens is 992 g/mol. The number of hydrogen-bond donors (Lipinski definition) is 3. The highest BCUT2D eigenvalue weighted by Crippen LogP contribution is 2.52. The molecule has 6 aliphatic heterocycles. The van der Waals surface area contributed by atoms with Crippen LogP contribution in [0.3, 0.4) is 0 Å². The molecule has 9 heterocycles. The minimum Gasteiger partial charge on any atom is -0.370 e. The van der Waals surface area contributed by atoms with Crippen LogP contribution >= 0.6 is 0 Å². The van der Waals surface area contributed by atoms with Gasteiger partial charge in [0.25, 0.3) is 5.91 Å². The van der Waals surface area contributed by atoms with Gasteiger partial charge in [-0.1, -0.05) is 30.7 Å². The fourth-order valence-corrected chi connectivity index (χ4v) is 13.5. The van der Waals surface area contributed by atoms with E-state index in [1.165, 1.54) is 25.3 Å². The maximum absolute atomic E-state index is 15.3. The number of anilines is 4. The molecule has 1 spiro atoms. The lowest BCUT2D eigenvalue weighted by Gasteiger charge is -2.48. The second kappa shape index (κ2) is 21.2. The number of imide groups is 1. The average Bonchev–Trinajstić information content (AvgIpc) is 4.18. The van der Waals surface area contributed by atoms with Gasteiger partial charge < -0.3 is 39.7 Å². The number of fused-ring (bicyclic) bond motifs is 3. The summed E-state index contributed by atoms with van der Waals surface area (Å²) in [5.41, 5.74) is 5.53. The van der Waals surface area contributed by atoms with E-state index in [4.69, 9.17) is 9.97 Å². The summed E-state index contributed by atoms with van der Waals surface area (Å²) in [5, 5.41) is 8.19. The summed E-state index contributed by atoms with van der Waals surface area (Å²) in [4.78, 5) is 105. The predicted octanol–water partition coefficient (Wildman–Crippen LogP) is 6.87. The predicted molar refractivity (Wildman–Crippen MR) is 292 cm³/mol. The number of hydrogen-bond acceptors (Lipinski definition) is 12. The van der Waals surface area contributed by atoms with E-state index in [2.05, 4.69) is 67.7 Å². The van der Waals surface area contributed by atoms with Crippen molar-refractivity contribution in [3.05, 3.63) is 90.3 Å². The Balaban J connectivity index is 0.693. The van der Waals surface area contributed by atoms with Gasteiger partial charge >= 0.3 is 0 Å². The minimum atomic E-state index is -0.782. The summed E-state index contributed by atoms with van der Waals surface area (Å²) in [6.07, 6.45) is 13.0. The largest absolute Gasteiger partial charge is 0.370 e. The number of halogens is 1. The van der Waals surface area contributed by atoms with Crippen LogP contribution in [0.1, 0.15) is 119 Å². The van der Waals surface area contributed by atoms with Crippen LogP contribution in [0.5, 0.6) is 0 Å². The van der Waals surface area contributed by atoms with E-state index in [9.17, 15) is 24.0 Å². The van der Waals surface area contributed by atoms with Gasteiger partial charge in [0, 0.05) is 86.9 Å². The number of piperidine rings is 5. The number of carbonyl (C=O) groups is 6. The smallest absolute Gasteiger partial charge is 0.270 e. The number of para-hydroxylation sites is 1. The lowest BCUT2D eigenvalue weighted by molar-refractivity contribution is -0.144. The number of imidazole rings is 1. The Bertz CT molecular complexity index is 3150. The van der Waals surface area contributed by atoms with Gasteiger partial charge in [-0.25, -0.2) is 19.3 Å². The molecule has 0 bridgehead atoms.